The minimum atomic E-state index is 0. The van der Waals surface area contributed by atoms with Gasteiger partial charge in [0.25, 0.3) is 0 Å². The average molecular weight is 437 g/mol. The van der Waals surface area contributed by atoms with Crippen molar-refractivity contribution in [1.82, 2.24) is 29.6 Å². The van der Waals surface area contributed by atoms with E-state index in [-0.39, 0.29) is 6.84 Å². The highest BCUT2D eigenvalue weighted by Crippen LogP contribution is 2.32. The summed E-state index contributed by atoms with van der Waals surface area (Å²) < 4.78 is 6.99. The number of anilines is 3. The van der Waals surface area contributed by atoms with Gasteiger partial charge in [-0.1, -0.05) is 20.8 Å². The van der Waals surface area contributed by atoms with E-state index in [1.165, 1.54) is 11.3 Å². The second-order valence-electron chi connectivity index (χ2n) is 9.43. The normalized spacial score (nSPS) is 17.9. The predicted octanol–water partition coefficient (Wildman–Crippen LogP) is 2.87. The molecule has 2 aliphatic rings. The fourth-order valence-electron chi connectivity index (χ4n) is 4.05. The zero-order valence-electron chi connectivity index (χ0n) is 18.9. The van der Waals surface area contributed by atoms with Gasteiger partial charge < -0.3 is 15.0 Å². The first-order chi connectivity index (χ1) is 15.5. The van der Waals surface area contributed by atoms with Crippen molar-refractivity contribution in [3.05, 3.63) is 48.7 Å². The zero-order chi connectivity index (χ0) is 22.1. The van der Waals surface area contributed by atoms with Crippen LogP contribution in [0.25, 0.3) is 5.82 Å². The second-order valence-corrected chi connectivity index (χ2v) is 9.43. The first-order valence-corrected chi connectivity index (χ1v) is 11.1. The third-order valence-corrected chi connectivity index (χ3v) is 6.13. The molecule has 0 radical (unpaired) electrons. The highest BCUT2D eigenvalue weighted by atomic mass is 16.5. The first-order valence-electron chi connectivity index (χ1n) is 11.1. The van der Waals surface area contributed by atoms with E-state index in [1.54, 1.807) is 29.6 Å². The van der Waals surface area contributed by atoms with E-state index in [1.807, 2.05) is 0 Å². The Labute approximate surface area is 189 Å². The Balaban J connectivity index is 0.00000259. The van der Waals surface area contributed by atoms with Gasteiger partial charge in [0.15, 0.2) is 5.82 Å². The van der Waals surface area contributed by atoms with E-state index in [0.29, 0.717) is 17.8 Å². The van der Waals surface area contributed by atoms with Crippen molar-refractivity contribution in [1.29, 1.82) is 0 Å². The first kappa shape index (κ1) is 20.8. The van der Waals surface area contributed by atoms with Crippen molar-refractivity contribution in [2.45, 2.75) is 32.2 Å². The van der Waals surface area contributed by atoms with Gasteiger partial charge in [0.2, 0.25) is 5.95 Å². The summed E-state index contributed by atoms with van der Waals surface area (Å²) >= 11 is 0. The Hall–Kier alpha value is -3.04. The standard InChI is InChI=1S/C23H30N8O.H2/c1-23(2,3)17-10-18(27-22-26-16-31(28-22)21-13-24-4-5-25-21)12-19(11-17)29-6-8-30(9-7-29)20-14-32-15-20;/h4-5,10-13,16,20H,6-9,14-15H2,1-3H3,(H,27,28);1H. The van der Waals surface area contributed by atoms with Crippen molar-refractivity contribution in [2.75, 3.05) is 49.6 Å². The van der Waals surface area contributed by atoms with Crippen LogP contribution in [0.2, 0.25) is 0 Å². The summed E-state index contributed by atoms with van der Waals surface area (Å²) in [5, 5.41) is 7.90. The van der Waals surface area contributed by atoms with Crippen LogP contribution < -0.4 is 10.2 Å². The maximum Gasteiger partial charge on any atom is 0.247 e. The van der Waals surface area contributed by atoms with Crippen LogP contribution >= 0.6 is 0 Å². The van der Waals surface area contributed by atoms with Crippen molar-refractivity contribution >= 4 is 17.3 Å². The molecular formula is C23H32N8O. The number of ether oxygens (including phenoxy) is 1. The van der Waals surface area contributed by atoms with Gasteiger partial charge in [0.1, 0.15) is 6.33 Å². The fraction of sp³-hybridized carbons (Fsp3) is 0.478. The smallest absolute Gasteiger partial charge is 0.247 e. The molecule has 170 valence electrons. The molecule has 0 unspecified atom stereocenters. The lowest BCUT2D eigenvalue weighted by molar-refractivity contribution is -0.0660. The highest BCUT2D eigenvalue weighted by Gasteiger charge is 2.29. The molecule has 2 aromatic heterocycles. The van der Waals surface area contributed by atoms with Crippen molar-refractivity contribution in [3.8, 4) is 5.82 Å². The molecule has 0 bridgehead atoms. The van der Waals surface area contributed by atoms with E-state index < -0.39 is 0 Å². The SMILES string of the molecule is CC(C)(C)c1cc(Nc2ncn(-c3cnccn3)n2)cc(N2CCN(C3COC3)CC2)c1.[HH]. The molecule has 9 heteroatoms. The molecule has 1 N–H and O–H groups in total. The van der Waals surface area contributed by atoms with Crippen molar-refractivity contribution in [3.63, 3.8) is 0 Å². The van der Waals surface area contributed by atoms with Crippen LogP contribution in [0.15, 0.2) is 43.1 Å². The zero-order valence-corrected chi connectivity index (χ0v) is 18.9. The predicted molar refractivity (Wildman–Crippen MR) is 126 cm³/mol. The van der Waals surface area contributed by atoms with E-state index in [0.717, 1.165) is 45.1 Å². The molecule has 0 amide bonds. The Bertz CT molecular complexity index is 1060. The molecule has 0 saturated carbocycles. The van der Waals surface area contributed by atoms with E-state index >= 15 is 0 Å². The number of nitrogens with zero attached hydrogens (tertiary/aromatic N) is 7. The number of benzene rings is 1. The summed E-state index contributed by atoms with van der Waals surface area (Å²) in [5.74, 6) is 1.16. The van der Waals surface area contributed by atoms with Gasteiger partial charge in [-0.3, -0.25) is 9.88 Å². The van der Waals surface area contributed by atoms with Gasteiger partial charge in [-0.05, 0) is 29.2 Å². The van der Waals surface area contributed by atoms with Crippen LogP contribution in [0, 0.1) is 0 Å². The quantitative estimate of drug-likeness (QED) is 0.654. The highest BCUT2D eigenvalue weighted by molar-refractivity contribution is 5.65. The minimum Gasteiger partial charge on any atom is -0.378 e. The minimum absolute atomic E-state index is 0. The second kappa shape index (κ2) is 8.48. The summed E-state index contributed by atoms with van der Waals surface area (Å²) in [7, 11) is 0. The molecule has 1 aromatic carbocycles. The maximum absolute atomic E-state index is 5.37. The number of rotatable bonds is 5. The van der Waals surface area contributed by atoms with Gasteiger partial charge >= 0.3 is 0 Å². The molecule has 0 spiro atoms. The molecule has 2 saturated heterocycles. The molecule has 32 heavy (non-hydrogen) atoms. The lowest BCUT2D eigenvalue weighted by Crippen LogP contribution is -2.56. The summed E-state index contributed by atoms with van der Waals surface area (Å²) in [6.45, 7) is 12.7. The van der Waals surface area contributed by atoms with Gasteiger partial charge in [0, 0.05) is 51.4 Å². The Morgan fingerprint density at radius 2 is 1.84 bits per heavy atom. The van der Waals surface area contributed by atoms with Gasteiger partial charge in [0.05, 0.1) is 25.5 Å². The Morgan fingerprint density at radius 3 is 2.50 bits per heavy atom. The van der Waals surface area contributed by atoms with Crippen LogP contribution in [-0.4, -0.2) is 75.1 Å². The van der Waals surface area contributed by atoms with Gasteiger partial charge in [-0.25, -0.2) is 4.98 Å². The van der Waals surface area contributed by atoms with E-state index in [9.17, 15) is 0 Å². The molecule has 2 fully saturated rings. The summed E-state index contributed by atoms with van der Waals surface area (Å²) in [6, 6.07) is 7.30. The van der Waals surface area contributed by atoms with Crippen LogP contribution in [-0.2, 0) is 10.2 Å². The molecule has 3 aromatic rings. The number of hydrogen-bond donors (Lipinski definition) is 1. The maximum atomic E-state index is 5.37. The van der Waals surface area contributed by atoms with E-state index in [2.05, 4.69) is 74.1 Å². The summed E-state index contributed by atoms with van der Waals surface area (Å²) in [6.07, 6.45) is 6.58. The van der Waals surface area contributed by atoms with Gasteiger partial charge in [-0.2, -0.15) is 9.67 Å². The third-order valence-electron chi connectivity index (χ3n) is 6.13. The molecule has 0 atom stereocenters. The van der Waals surface area contributed by atoms with Crippen LogP contribution in [0.4, 0.5) is 17.3 Å². The molecule has 9 nitrogen and oxygen atoms in total. The lowest BCUT2D eigenvalue weighted by atomic mass is 9.86. The Morgan fingerprint density at radius 1 is 1.03 bits per heavy atom. The van der Waals surface area contributed by atoms with Crippen LogP contribution in [0.1, 0.15) is 27.8 Å². The Kier molecular flexibility index (Phi) is 5.52. The molecule has 2 aliphatic heterocycles. The average Bonchev–Trinajstić information content (AvgIpc) is 3.21. The van der Waals surface area contributed by atoms with Crippen molar-refractivity contribution in [2.24, 2.45) is 0 Å². The molecule has 4 heterocycles. The molecule has 0 aliphatic carbocycles. The topological polar surface area (TPSA) is 84.2 Å². The summed E-state index contributed by atoms with van der Waals surface area (Å²) in [5.41, 5.74) is 3.53. The van der Waals surface area contributed by atoms with Gasteiger partial charge in [-0.15, -0.1) is 5.10 Å². The van der Waals surface area contributed by atoms with Crippen LogP contribution in [0.3, 0.4) is 0 Å². The van der Waals surface area contributed by atoms with Crippen molar-refractivity contribution < 1.29 is 6.16 Å². The largest absolute Gasteiger partial charge is 0.378 e. The summed E-state index contributed by atoms with van der Waals surface area (Å²) in [4.78, 5) is 17.8. The third kappa shape index (κ3) is 4.44. The number of piperazine rings is 1. The number of aromatic nitrogens is 5. The number of nitrogens with one attached hydrogen (secondary N) is 1. The monoisotopic (exact) mass is 436 g/mol. The van der Waals surface area contributed by atoms with Crippen LogP contribution in [0.5, 0.6) is 0 Å². The molecule has 5 rings (SSSR count). The fourth-order valence-corrected chi connectivity index (χ4v) is 4.05. The number of hydrogen-bond acceptors (Lipinski definition) is 8. The molecular weight excluding hydrogens is 404 g/mol. The lowest BCUT2D eigenvalue weighted by Gasteiger charge is -2.43. The van der Waals surface area contributed by atoms with E-state index in [4.69, 9.17) is 4.74 Å².